The van der Waals surface area contributed by atoms with Crippen molar-refractivity contribution in [3.05, 3.63) is 57.0 Å². The first-order chi connectivity index (χ1) is 10.5. The second-order valence-corrected chi connectivity index (χ2v) is 6.40. The Morgan fingerprint density at radius 3 is 2.64 bits per heavy atom. The number of hydrogen-bond donors (Lipinski definition) is 2. The van der Waals surface area contributed by atoms with E-state index in [1.165, 1.54) is 0 Å². The van der Waals surface area contributed by atoms with Crippen molar-refractivity contribution in [2.75, 3.05) is 0 Å². The maximum absolute atomic E-state index is 9.53. The molecule has 1 aliphatic rings. The van der Waals surface area contributed by atoms with Crippen LogP contribution in [0.4, 0.5) is 0 Å². The van der Waals surface area contributed by atoms with Crippen molar-refractivity contribution in [3.63, 3.8) is 0 Å². The average molecular weight is 359 g/mol. The van der Waals surface area contributed by atoms with Crippen LogP contribution < -0.4 is 10.5 Å². The van der Waals surface area contributed by atoms with Crippen LogP contribution in [-0.4, -0.2) is 10.2 Å². The van der Waals surface area contributed by atoms with Crippen molar-refractivity contribution >= 4 is 15.9 Å². The number of nitrogens with two attached hydrogens (primary N) is 1. The Labute approximate surface area is 136 Å². The van der Waals surface area contributed by atoms with Crippen LogP contribution in [0.5, 0.6) is 5.88 Å². The molecule has 112 valence electrons. The summed E-state index contributed by atoms with van der Waals surface area (Å²) in [7, 11) is 0. The van der Waals surface area contributed by atoms with Gasteiger partial charge in [-0.15, -0.1) is 5.10 Å². The first kappa shape index (κ1) is 14.7. The van der Waals surface area contributed by atoms with Crippen LogP contribution in [0.2, 0.25) is 0 Å². The average Bonchev–Trinajstić information content (AvgIpc) is 2.90. The van der Waals surface area contributed by atoms with Crippen molar-refractivity contribution in [1.29, 1.82) is 5.26 Å². The molecule has 3 rings (SSSR count). The highest BCUT2D eigenvalue weighted by Gasteiger charge is 2.35. The van der Waals surface area contributed by atoms with Gasteiger partial charge in [-0.2, -0.15) is 5.26 Å². The van der Waals surface area contributed by atoms with E-state index in [0.717, 1.165) is 21.3 Å². The van der Waals surface area contributed by atoms with Gasteiger partial charge in [-0.05, 0) is 23.6 Å². The number of nitriles is 1. The van der Waals surface area contributed by atoms with Crippen LogP contribution in [0.25, 0.3) is 0 Å². The summed E-state index contributed by atoms with van der Waals surface area (Å²) in [5.41, 5.74) is 9.17. The molecule has 0 radical (unpaired) electrons. The highest BCUT2D eigenvalue weighted by molar-refractivity contribution is 9.10. The fourth-order valence-electron chi connectivity index (χ4n) is 2.70. The van der Waals surface area contributed by atoms with Crippen molar-refractivity contribution in [2.24, 2.45) is 5.73 Å². The maximum atomic E-state index is 9.53. The number of H-pyrrole nitrogens is 1. The van der Waals surface area contributed by atoms with Gasteiger partial charge < -0.3 is 10.5 Å². The summed E-state index contributed by atoms with van der Waals surface area (Å²) < 4.78 is 6.51. The Morgan fingerprint density at radius 1 is 1.36 bits per heavy atom. The first-order valence-corrected chi connectivity index (χ1v) is 7.73. The predicted molar refractivity (Wildman–Crippen MR) is 86.1 cm³/mol. The fraction of sp³-hybridized carbons (Fsp3) is 0.250. The van der Waals surface area contributed by atoms with Crippen molar-refractivity contribution in [1.82, 2.24) is 10.2 Å². The number of benzene rings is 1. The Hall–Kier alpha value is -2.26. The van der Waals surface area contributed by atoms with Crippen LogP contribution >= 0.6 is 15.9 Å². The molecular weight excluding hydrogens is 344 g/mol. The van der Waals surface area contributed by atoms with Gasteiger partial charge in [-0.25, -0.2) is 0 Å². The lowest BCUT2D eigenvalue weighted by molar-refractivity contribution is 0.378. The van der Waals surface area contributed by atoms with Gasteiger partial charge >= 0.3 is 0 Å². The van der Waals surface area contributed by atoms with Crippen molar-refractivity contribution < 1.29 is 4.74 Å². The van der Waals surface area contributed by atoms with Crippen LogP contribution in [0.3, 0.4) is 0 Å². The van der Waals surface area contributed by atoms with Crippen LogP contribution in [-0.2, 0) is 0 Å². The molecule has 0 saturated carbocycles. The van der Waals surface area contributed by atoms with Gasteiger partial charge in [0.05, 0.1) is 11.5 Å². The standard InChI is InChI=1S/C16H15BrN4O/c1-8(2)14-13-12(9-3-5-10(17)6-4-9)11(7-18)15(19)22-16(13)21-20-14/h3-6,8,12H,19H2,1-2H3,(H,20,21). The minimum Gasteiger partial charge on any atom is -0.420 e. The van der Waals surface area contributed by atoms with E-state index < -0.39 is 0 Å². The third-order valence-corrected chi connectivity index (χ3v) is 4.28. The number of allylic oxidation sites excluding steroid dienone is 1. The number of aromatic nitrogens is 2. The maximum Gasteiger partial charge on any atom is 0.244 e. The Balaban J connectivity index is 2.23. The first-order valence-electron chi connectivity index (χ1n) is 6.94. The van der Waals surface area contributed by atoms with E-state index in [4.69, 9.17) is 10.5 Å². The van der Waals surface area contributed by atoms with Gasteiger partial charge in [0.25, 0.3) is 0 Å². The molecule has 0 spiro atoms. The molecule has 1 aromatic carbocycles. The second-order valence-electron chi connectivity index (χ2n) is 5.49. The number of hydrogen-bond acceptors (Lipinski definition) is 4. The van der Waals surface area contributed by atoms with E-state index in [2.05, 4.69) is 46.0 Å². The SMILES string of the molecule is CC(C)c1[nH]nc2c1C(c1ccc(Br)cc1)C(C#N)=C(N)O2. The van der Waals surface area contributed by atoms with Gasteiger partial charge in [0, 0.05) is 10.2 Å². The Bertz CT molecular complexity index is 783. The predicted octanol–water partition coefficient (Wildman–Crippen LogP) is 3.51. The highest BCUT2D eigenvalue weighted by Crippen LogP contribution is 2.44. The largest absolute Gasteiger partial charge is 0.420 e. The van der Waals surface area contributed by atoms with Gasteiger partial charge in [-0.3, -0.25) is 5.10 Å². The minimum atomic E-state index is -0.266. The molecule has 0 amide bonds. The number of nitrogens with zero attached hydrogens (tertiary/aromatic N) is 2. The molecule has 0 aliphatic carbocycles. The van der Waals surface area contributed by atoms with E-state index in [1.807, 2.05) is 24.3 Å². The molecule has 3 N–H and O–H groups in total. The summed E-state index contributed by atoms with van der Waals surface area (Å²) in [6.45, 7) is 4.14. The van der Waals surface area contributed by atoms with E-state index in [1.54, 1.807) is 0 Å². The molecule has 0 bridgehead atoms. The van der Waals surface area contributed by atoms with Gasteiger partial charge in [0.15, 0.2) is 0 Å². The number of nitrogens with one attached hydrogen (secondary N) is 1. The van der Waals surface area contributed by atoms with Gasteiger partial charge in [0.2, 0.25) is 11.8 Å². The summed E-state index contributed by atoms with van der Waals surface area (Å²) in [5.74, 6) is 0.535. The summed E-state index contributed by atoms with van der Waals surface area (Å²) >= 11 is 3.43. The number of halogens is 1. The molecule has 1 atom stereocenters. The molecule has 2 aromatic rings. The molecule has 22 heavy (non-hydrogen) atoms. The molecule has 0 saturated heterocycles. The summed E-state index contributed by atoms with van der Waals surface area (Å²) in [4.78, 5) is 0. The lowest BCUT2D eigenvalue weighted by atomic mass is 9.82. The molecular formula is C16H15BrN4O. The molecule has 1 unspecified atom stereocenters. The van der Waals surface area contributed by atoms with E-state index in [0.29, 0.717) is 11.5 Å². The zero-order valence-electron chi connectivity index (χ0n) is 12.2. The van der Waals surface area contributed by atoms with Crippen LogP contribution in [0, 0.1) is 11.3 Å². The molecule has 1 aromatic heterocycles. The number of fused-ring (bicyclic) bond motifs is 1. The zero-order chi connectivity index (χ0) is 15.9. The minimum absolute atomic E-state index is 0.115. The van der Waals surface area contributed by atoms with Crippen molar-refractivity contribution in [2.45, 2.75) is 25.7 Å². The smallest absolute Gasteiger partial charge is 0.244 e. The van der Waals surface area contributed by atoms with Crippen LogP contribution in [0.1, 0.15) is 42.5 Å². The number of ether oxygens (including phenoxy) is 1. The normalized spacial score (nSPS) is 17.1. The van der Waals surface area contributed by atoms with Gasteiger partial charge in [0.1, 0.15) is 11.6 Å². The topological polar surface area (TPSA) is 87.7 Å². The third-order valence-electron chi connectivity index (χ3n) is 3.75. The van der Waals surface area contributed by atoms with Crippen LogP contribution in [0.15, 0.2) is 40.2 Å². The lowest BCUT2D eigenvalue weighted by Gasteiger charge is -2.24. The summed E-state index contributed by atoms with van der Waals surface area (Å²) in [6, 6.07) is 10.0. The molecule has 2 heterocycles. The van der Waals surface area contributed by atoms with E-state index in [9.17, 15) is 5.26 Å². The molecule has 6 heteroatoms. The summed E-state index contributed by atoms with van der Waals surface area (Å²) in [5, 5.41) is 16.8. The third kappa shape index (κ3) is 2.28. The van der Waals surface area contributed by atoms with E-state index >= 15 is 0 Å². The monoisotopic (exact) mass is 358 g/mol. The Kier molecular flexibility index (Phi) is 3.67. The second kappa shape index (κ2) is 5.50. The van der Waals surface area contributed by atoms with Gasteiger partial charge in [-0.1, -0.05) is 41.9 Å². The summed E-state index contributed by atoms with van der Waals surface area (Å²) in [6.07, 6.45) is 0. The highest BCUT2D eigenvalue weighted by atomic mass is 79.9. The van der Waals surface area contributed by atoms with E-state index in [-0.39, 0.29) is 17.7 Å². The lowest BCUT2D eigenvalue weighted by Crippen LogP contribution is -2.21. The number of rotatable bonds is 2. The molecule has 0 fully saturated rings. The fourth-order valence-corrected chi connectivity index (χ4v) is 2.96. The van der Waals surface area contributed by atoms with Crippen molar-refractivity contribution in [3.8, 4) is 11.9 Å². The zero-order valence-corrected chi connectivity index (χ0v) is 13.8. The molecule has 5 nitrogen and oxygen atoms in total. The molecule has 1 aliphatic heterocycles. The Morgan fingerprint density at radius 2 is 2.05 bits per heavy atom. The quantitative estimate of drug-likeness (QED) is 0.859. The number of aromatic amines is 1.